The van der Waals surface area contributed by atoms with Crippen LogP contribution in [0.3, 0.4) is 0 Å². The topological polar surface area (TPSA) is 79.4 Å². The molecule has 2 rings (SSSR count). The summed E-state index contributed by atoms with van der Waals surface area (Å²) in [5.74, 6) is -0.476. The van der Waals surface area contributed by atoms with Gasteiger partial charge in [0.25, 0.3) is 0 Å². The molecule has 2 heterocycles. The van der Waals surface area contributed by atoms with Gasteiger partial charge in [0.1, 0.15) is 0 Å². The minimum atomic E-state index is -0.476. The quantitative estimate of drug-likeness (QED) is 0.787. The summed E-state index contributed by atoms with van der Waals surface area (Å²) >= 11 is 0. The Morgan fingerprint density at radius 2 is 2.59 bits per heavy atom. The van der Waals surface area contributed by atoms with Gasteiger partial charge in [-0.05, 0) is 19.8 Å². The van der Waals surface area contributed by atoms with Crippen molar-refractivity contribution in [2.45, 2.75) is 32.4 Å². The average molecular weight is 239 g/mol. The molecule has 1 aliphatic heterocycles. The first-order valence-corrected chi connectivity index (χ1v) is 5.82. The number of anilines is 1. The van der Waals surface area contributed by atoms with Crippen LogP contribution in [0, 0.1) is 0 Å². The predicted octanol–water partition coefficient (Wildman–Crippen LogP) is 0.821. The second kappa shape index (κ2) is 5.18. The molecular formula is C11H17N3O3. The molecule has 1 aliphatic rings. The van der Waals surface area contributed by atoms with Gasteiger partial charge in [0.15, 0.2) is 5.69 Å². The molecule has 2 N–H and O–H groups in total. The fourth-order valence-electron chi connectivity index (χ4n) is 1.89. The van der Waals surface area contributed by atoms with Crippen LogP contribution in [0.5, 0.6) is 0 Å². The van der Waals surface area contributed by atoms with Crippen LogP contribution < -0.4 is 5.73 Å². The highest BCUT2D eigenvalue weighted by Gasteiger charge is 2.20. The van der Waals surface area contributed by atoms with E-state index in [2.05, 4.69) is 5.10 Å². The van der Waals surface area contributed by atoms with E-state index >= 15 is 0 Å². The number of ether oxygens (including phenoxy) is 2. The largest absolute Gasteiger partial charge is 0.461 e. The fourth-order valence-corrected chi connectivity index (χ4v) is 1.89. The molecule has 1 saturated heterocycles. The van der Waals surface area contributed by atoms with E-state index < -0.39 is 5.97 Å². The lowest BCUT2D eigenvalue weighted by atomic mass is 10.2. The molecule has 0 saturated carbocycles. The van der Waals surface area contributed by atoms with Crippen molar-refractivity contribution < 1.29 is 14.3 Å². The van der Waals surface area contributed by atoms with Gasteiger partial charge >= 0.3 is 5.97 Å². The summed E-state index contributed by atoms with van der Waals surface area (Å²) in [6.07, 6.45) is 3.92. The Hall–Kier alpha value is -1.56. The van der Waals surface area contributed by atoms with Crippen molar-refractivity contribution in [3.63, 3.8) is 0 Å². The van der Waals surface area contributed by atoms with Gasteiger partial charge in [-0.3, -0.25) is 4.68 Å². The van der Waals surface area contributed by atoms with Crippen LogP contribution in [0.4, 0.5) is 5.69 Å². The smallest absolute Gasteiger partial charge is 0.361 e. The Bertz CT molecular complexity index is 397. The Labute approximate surface area is 99.7 Å². The number of nitrogen functional groups attached to an aromatic ring is 1. The van der Waals surface area contributed by atoms with Crippen molar-refractivity contribution in [1.82, 2.24) is 9.78 Å². The maximum Gasteiger partial charge on any atom is 0.361 e. The summed E-state index contributed by atoms with van der Waals surface area (Å²) in [5.41, 5.74) is 6.26. The van der Waals surface area contributed by atoms with E-state index in [9.17, 15) is 4.79 Å². The van der Waals surface area contributed by atoms with E-state index in [4.69, 9.17) is 15.2 Å². The van der Waals surface area contributed by atoms with Gasteiger partial charge < -0.3 is 15.2 Å². The summed E-state index contributed by atoms with van der Waals surface area (Å²) in [6, 6.07) is 0. The van der Waals surface area contributed by atoms with E-state index in [0.29, 0.717) is 18.8 Å². The van der Waals surface area contributed by atoms with Gasteiger partial charge in [-0.25, -0.2) is 4.79 Å². The van der Waals surface area contributed by atoms with Crippen LogP contribution in [0.15, 0.2) is 6.20 Å². The lowest BCUT2D eigenvalue weighted by Gasteiger charge is -2.08. The molecule has 0 aromatic carbocycles. The van der Waals surface area contributed by atoms with Crippen LogP contribution in [-0.4, -0.2) is 35.1 Å². The summed E-state index contributed by atoms with van der Waals surface area (Å²) in [6.45, 7) is 3.49. The minimum Gasteiger partial charge on any atom is -0.461 e. The van der Waals surface area contributed by atoms with Gasteiger partial charge in [0.05, 0.1) is 24.9 Å². The van der Waals surface area contributed by atoms with Gasteiger partial charge in [-0.1, -0.05) is 0 Å². The average Bonchev–Trinajstić information content (AvgIpc) is 2.89. The maximum absolute atomic E-state index is 11.5. The molecule has 0 aliphatic carbocycles. The number of carbonyl (C=O) groups is 1. The highest BCUT2D eigenvalue weighted by Crippen LogP contribution is 2.16. The van der Waals surface area contributed by atoms with Crippen molar-refractivity contribution in [3.8, 4) is 0 Å². The molecule has 0 amide bonds. The number of nitrogens with zero attached hydrogens (tertiary/aromatic N) is 2. The molecule has 6 nitrogen and oxygen atoms in total. The number of aromatic nitrogens is 2. The molecule has 1 fully saturated rings. The fraction of sp³-hybridized carbons (Fsp3) is 0.636. The molecule has 6 heteroatoms. The first-order valence-electron chi connectivity index (χ1n) is 5.82. The molecule has 1 atom stereocenters. The van der Waals surface area contributed by atoms with E-state index in [0.717, 1.165) is 19.4 Å². The number of carbonyl (C=O) groups excluding carboxylic acids is 1. The van der Waals surface area contributed by atoms with E-state index in [1.165, 1.54) is 0 Å². The molecule has 94 valence electrons. The second-order valence-electron chi connectivity index (χ2n) is 4.01. The first kappa shape index (κ1) is 11.9. The van der Waals surface area contributed by atoms with Crippen molar-refractivity contribution >= 4 is 11.7 Å². The predicted molar refractivity (Wildman–Crippen MR) is 61.6 cm³/mol. The van der Waals surface area contributed by atoms with Crippen molar-refractivity contribution in [2.75, 3.05) is 18.9 Å². The third-order valence-corrected chi connectivity index (χ3v) is 2.67. The number of esters is 1. The van der Waals surface area contributed by atoms with Crippen LogP contribution in [-0.2, 0) is 16.0 Å². The standard InChI is InChI=1S/C11H17N3O3/c1-2-16-11(15)10-9(12)7-14(13-10)6-8-4-3-5-17-8/h7-8H,2-6,12H2,1H3. The number of hydrogen-bond donors (Lipinski definition) is 1. The summed E-state index contributed by atoms with van der Waals surface area (Å²) in [4.78, 5) is 11.5. The first-order chi connectivity index (χ1) is 8.20. The van der Waals surface area contributed by atoms with Crippen LogP contribution in [0.1, 0.15) is 30.3 Å². The minimum absolute atomic E-state index is 0.171. The van der Waals surface area contributed by atoms with E-state index in [1.54, 1.807) is 17.8 Å². The zero-order valence-corrected chi connectivity index (χ0v) is 9.89. The van der Waals surface area contributed by atoms with Gasteiger partial charge in [-0.2, -0.15) is 5.10 Å². The number of nitrogens with two attached hydrogens (primary N) is 1. The van der Waals surface area contributed by atoms with E-state index in [-0.39, 0.29) is 11.8 Å². The molecule has 0 radical (unpaired) electrons. The summed E-state index contributed by atoms with van der Waals surface area (Å²) < 4.78 is 12.0. The lowest BCUT2D eigenvalue weighted by Crippen LogP contribution is -2.16. The Kier molecular flexibility index (Phi) is 3.63. The molecule has 0 spiro atoms. The van der Waals surface area contributed by atoms with Gasteiger partial charge in [0.2, 0.25) is 0 Å². The zero-order chi connectivity index (χ0) is 12.3. The molecule has 0 bridgehead atoms. The third kappa shape index (κ3) is 2.76. The second-order valence-corrected chi connectivity index (χ2v) is 4.01. The van der Waals surface area contributed by atoms with Gasteiger partial charge in [-0.15, -0.1) is 0 Å². The van der Waals surface area contributed by atoms with Crippen molar-refractivity contribution in [1.29, 1.82) is 0 Å². The lowest BCUT2D eigenvalue weighted by molar-refractivity contribution is 0.0517. The van der Waals surface area contributed by atoms with Crippen molar-refractivity contribution in [2.24, 2.45) is 0 Å². The molecule has 1 aromatic heterocycles. The third-order valence-electron chi connectivity index (χ3n) is 2.67. The Morgan fingerprint density at radius 1 is 1.76 bits per heavy atom. The van der Waals surface area contributed by atoms with Crippen LogP contribution in [0.2, 0.25) is 0 Å². The SMILES string of the molecule is CCOC(=O)c1nn(CC2CCCO2)cc1N. The van der Waals surface area contributed by atoms with Gasteiger partial charge in [0, 0.05) is 12.8 Å². The normalized spacial score (nSPS) is 19.5. The maximum atomic E-state index is 11.5. The molecule has 1 aromatic rings. The van der Waals surface area contributed by atoms with Crippen LogP contribution >= 0.6 is 0 Å². The highest BCUT2D eigenvalue weighted by molar-refractivity contribution is 5.92. The number of rotatable bonds is 4. The van der Waals surface area contributed by atoms with Crippen molar-refractivity contribution in [3.05, 3.63) is 11.9 Å². The number of hydrogen-bond acceptors (Lipinski definition) is 5. The molecule has 1 unspecified atom stereocenters. The Morgan fingerprint density at radius 3 is 3.24 bits per heavy atom. The highest BCUT2D eigenvalue weighted by atomic mass is 16.5. The zero-order valence-electron chi connectivity index (χ0n) is 9.89. The Balaban J connectivity index is 2.04. The monoisotopic (exact) mass is 239 g/mol. The summed E-state index contributed by atoms with van der Waals surface area (Å²) in [5, 5.41) is 4.13. The van der Waals surface area contributed by atoms with Crippen LogP contribution in [0.25, 0.3) is 0 Å². The molecule has 17 heavy (non-hydrogen) atoms. The molecular weight excluding hydrogens is 222 g/mol. The van der Waals surface area contributed by atoms with E-state index in [1.807, 2.05) is 0 Å². The summed E-state index contributed by atoms with van der Waals surface area (Å²) in [7, 11) is 0.